The molecule has 0 bridgehead atoms. The van der Waals surface area contributed by atoms with E-state index in [1.807, 2.05) is 6.07 Å². The monoisotopic (exact) mass is 446 g/mol. The van der Waals surface area contributed by atoms with E-state index in [9.17, 15) is 8.42 Å². The van der Waals surface area contributed by atoms with E-state index in [-0.39, 0.29) is 0 Å². The Hall–Kier alpha value is -2.42. The van der Waals surface area contributed by atoms with Crippen molar-refractivity contribution in [1.82, 2.24) is 9.88 Å². The van der Waals surface area contributed by atoms with Crippen molar-refractivity contribution in [3.63, 3.8) is 0 Å². The molecule has 0 saturated heterocycles. The molecule has 0 aliphatic heterocycles. The minimum atomic E-state index is -3.67. The highest BCUT2D eigenvalue weighted by molar-refractivity contribution is 7.85. The molecular formula is C23H30N2O5S. The molecule has 2 aromatic carbocycles. The first-order valence-electron chi connectivity index (χ1n) is 10.3. The second-order valence-electron chi connectivity index (χ2n) is 8.02. The quantitative estimate of drug-likeness (QED) is 0.573. The van der Waals surface area contributed by atoms with Gasteiger partial charge in [-0.25, -0.2) is 4.98 Å². The third-order valence-corrected chi connectivity index (χ3v) is 5.52. The fourth-order valence-corrected chi connectivity index (χ4v) is 4.14. The third-order valence-electron chi connectivity index (χ3n) is 5.52. The largest absolute Gasteiger partial charge is 0.496 e. The van der Waals surface area contributed by atoms with Crippen LogP contribution in [0.4, 0.5) is 0 Å². The summed E-state index contributed by atoms with van der Waals surface area (Å²) in [7, 11) is 0.331. The van der Waals surface area contributed by atoms with Crippen LogP contribution in [-0.4, -0.2) is 56.4 Å². The van der Waals surface area contributed by atoms with Crippen LogP contribution < -0.4 is 4.74 Å². The summed E-state index contributed by atoms with van der Waals surface area (Å²) in [5, 5.41) is 0. The molecule has 1 aliphatic rings. The lowest BCUT2D eigenvalue weighted by Gasteiger charge is -2.30. The number of aromatic nitrogens is 1. The van der Waals surface area contributed by atoms with E-state index in [1.165, 1.54) is 35.9 Å². The Morgan fingerprint density at radius 1 is 1.29 bits per heavy atom. The maximum absolute atomic E-state index is 9.19. The molecule has 0 radical (unpaired) electrons. The normalized spacial score (nSPS) is 16.0. The molecule has 1 atom stereocenters. The van der Waals surface area contributed by atoms with Crippen LogP contribution in [-0.2, 0) is 23.0 Å². The van der Waals surface area contributed by atoms with E-state index in [2.05, 4.69) is 47.3 Å². The lowest BCUT2D eigenvalue weighted by atomic mass is 9.82. The van der Waals surface area contributed by atoms with Crippen molar-refractivity contribution in [2.75, 3.05) is 33.5 Å². The van der Waals surface area contributed by atoms with E-state index in [4.69, 9.17) is 13.7 Å². The highest BCUT2D eigenvalue weighted by Gasteiger charge is 2.23. The highest BCUT2D eigenvalue weighted by Crippen LogP contribution is 2.36. The molecule has 168 valence electrons. The Balaban J connectivity index is 0.000000491. The van der Waals surface area contributed by atoms with Crippen molar-refractivity contribution in [3.05, 3.63) is 59.5 Å². The maximum atomic E-state index is 9.19. The van der Waals surface area contributed by atoms with Crippen molar-refractivity contribution >= 4 is 21.2 Å². The number of methoxy groups -OCH3 is 1. The Labute approximate surface area is 183 Å². The van der Waals surface area contributed by atoms with Crippen LogP contribution in [0.2, 0.25) is 0 Å². The van der Waals surface area contributed by atoms with Gasteiger partial charge in [0.15, 0.2) is 12.0 Å². The molecule has 8 heteroatoms. The highest BCUT2D eigenvalue weighted by atomic mass is 32.2. The van der Waals surface area contributed by atoms with Crippen molar-refractivity contribution in [2.24, 2.45) is 0 Å². The summed E-state index contributed by atoms with van der Waals surface area (Å²) < 4.78 is 36.9. The topological polar surface area (TPSA) is 92.9 Å². The molecule has 0 saturated carbocycles. The summed E-state index contributed by atoms with van der Waals surface area (Å²) in [5.74, 6) is 1.64. The van der Waals surface area contributed by atoms with Gasteiger partial charge in [-0.3, -0.25) is 4.55 Å². The lowest BCUT2D eigenvalue weighted by Crippen LogP contribution is -2.28. The van der Waals surface area contributed by atoms with Crippen molar-refractivity contribution < 1.29 is 22.1 Å². The summed E-state index contributed by atoms with van der Waals surface area (Å²) in [5.41, 5.74) is 5.99. The van der Waals surface area contributed by atoms with Gasteiger partial charge in [0.05, 0.1) is 13.4 Å². The molecule has 0 fully saturated rings. The average molecular weight is 447 g/mol. The van der Waals surface area contributed by atoms with Gasteiger partial charge < -0.3 is 14.1 Å². The van der Waals surface area contributed by atoms with E-state index in [1.54, 1.807) is 7.11 Å². The number of nitrogens with zero attached hydrogens (tertiary/aromatic N) is 2. The fraction of sp³-hybridized carbons (Fsp3) is 0.435. The van der Waals surface area contributed by atoms with Gasteiger partial charge in [-0.05, 0) is 73.5 Å². The SMILES string of the molecule is COc1cccc2c1CCC[C@H]2CN(C)CCc1ccc2ncoc2c1.CS(=O)(=O)O. The summed E-state index contributed by atoms with van der Waals surface area (Å²) in [4.78, 5) is 6.63. The van der Waals surface area contributed by atoms with Crippen molar-refractivity contribution in [3.8, 4) is 5.75 Å². The second-order valence-corrected chi connectivity index (χ2v) is 9.48. The van der Waals surface area contributed by atoms with Gasteiger partial charge in [0.2, 0.25) is 0 Å². The number of fused-ring (bicyclic) bond motifs is 2. The summed E-state index contributed by atoms with van der Waals surface area (Å²) >= 11 is 0. The predicted molar refractivity (Wildman–Crippen MR) is 121 cm³/mol. The summed E-state index contributed by atoms with van der Waals surface area (Å²) in [6.07, 6.45) is 6.88. The Kier molecular flexibility index (Phi) is 7.69. The molecule has 4 rings (SSSR count). The predicted octanol–water partition coefficient (Wildman–Crippen LogP) is 3.93. The molecule has 1 N–H and O–H groups in total. The zero-order valence-corrected chi connectivity index (χ0v) is 19.1. The number of hydrogen-bond donors (Lipinski definition) is 1. The summed E-state index contributed by atoms with van der Waals surface area (Å²) in [6, 6.07) is 12.8. The van der Waals surface area contributed by atoms with Crippen LogP contribution in [0.5, 0.6) is 5.75 Å². The second kappa shape index (κ2) is 10.3. The lowest BCUT2D eigenvalue weighted by molar-refractivity contribution is 0.299. The molecular weight excluding hydrogens is 416 g/mol. The van der Waals surface area contributed by atoms with E-state index in [0.29, 0.717) is 12.2 Å². The molecule has 1 aromatic heterocycles. The average Bonchev–Trinajstić information content (AvgIpc) is 3.19. The van der Waals surface area contributed by atoms with Crippen molar-refractivity contribution in [1.29, 1.82) is 0 Å². The number of likely N-dealkylation sites (N-methyl/N-ethyl adjacent to an activating group) is 1. The zero-order chi connectivity index (χ0) is 22.4. The van der Waals surface area contributed by atoms with Crippen molar-refractivity contribution in [2.45, 2.75) is 31.6 Å². The van der Waals surface area contributed by atoms with Gasteiger partial charge in [-0.15, -0.1) is 0 Å². The van der Waals surface area contributed by atoms with Gasteiger partial charge in [-0.1, -0.05) is 18.2 Å². The van der Waals surface area contributed by atoms with Crippen LogP contribution in [0.15, 0.2) is 47.2 Å². The van der Waals surface area contributed by atoms with Gasteiger partial charge in [0.1, 0.15) is 11.3 Å². The van der Waals surface area contributed by atoms with Crippen LogP contribution in [0.25, 0.3) is 11.1 Å². The molecule has 0 amide bonds. The molecule has 3 aromatic rings. The number of rotatable bonds is 6. The fourth-order valence-electron chi connectivity index (χ4n) is 4.14. The molecule has 7 nitrogen and oxygen atoms in total. The van der Waals surface area contributed by atoms with Crippen LogP contribution in [0.3, 0.4) is 0 Å². The van der Waals surface area contributed by atoms with Gasteiger partial charge in [-0.2, -0.15) is 8.42 Å². The van der Waals surface area contributed by atoms with E-state index < -0.39 is 10.1 Å². The number of oxazole rings is 1. The Morgan fingerprint density at radius 2 is 2.06 bits per heavy atom. The zero-order valence-electron chi connectivity index (χ0n) is 18.2. The first kappa shape index (κ1) is 23.2. The van der Waals surface area contributed by atoms with Gasteiger partial charge in [0.25, 0.3) is 10.1 Å². The number of benzene rings is 2. The third kappa shape index (κ3) is 6.78. The van der Waals surface area contributed by atoms with Crippen LogP contribution in [0, 0.1) is 0 Å². The molecule has 0 spiro atoms. The Morgan fingerprint density at radius 3 is 2.81 bits per heavy atom. The first-order chi connectivity index (χ1) is 14.7. The van der Waals surface area contributed by atoms with Crippen LogP contribution in [0.1, 0.15) is 35.4 Å². The Bertz CT molecular complexity index is 1100. The first-order valence-corrected chi connectivity index (χ1v) is 12.2. The minimum Gasteiger partial charge on any atom is -0.496 e. The molecule has 1 heterocycles. The van der Waals surface area contributed by atoms with Gasteiger partial charge in [0, 0.05) is 13.1 Å². The minimum absolute atomic E-state index is 0.593. The molecule has 1 aliphatic carbocycles. The maximum Gasteiger partial charge on any atom is 0.261 e. The number of ether oxygens (including phenoxy) is 1. The van der Waals surface area contributed by atoms with E-state index >= 15 is 0 Å². The van der Waals surface area contributed by atoms with E-state index in [0.717, 1.165) is 42.8 Å². The van der Waals surface area contributed by atoms with Gasteiger partial charge >= 0.3 is 0 Å². The number of hydrogen-bond acceptors (Lipinski definition) is 6. The molecule has 31 heavy (non-hydrogen) atoms. The standard InChI is InChI=1S/C22H26N2O2.CH4O3S/c1-24(12-11-16-9-10-20-22(13-16)26-15-23-20)14-17-5-3-7-19-18(17)6-4-8-21(19)25-2;1-5(2,3)4/h4,6,8-10,13,15,17H,3,5,7,11-12,14H2,1-2H3;1H3,(H,2,3,4)/t17-;/m0./s1. The summed E-state index contributed by atoms with van der Waals surface area (Å²) in [6.45, 7) is 2.13. The molecule has 0 unspecified atom stereocenters. The van der Waals surface area contributed by atoms with Crippen LogP contribution >= 0.6 is 0 Å². The smallest absolute Gasteiger partial charge is 0.261 e.